The molecule has 3 rings (SSSR count). The summed E-state index contributed by atoms with van der Waals surface area (Å²) in [4.78, 5) is 17.5. The van der Waals surface area contributed by atoms with Gasteiger partial charge in [-0.3, -0.25) is 0 Å². The molecule has 6 nitrogen and oxygen atoms in total. The standard InChI is InChI=1S/C13H20ClN5O/c1-20-10-5-8-19(9-10)13-16-11(14)15-12(17-13)18-6-3-2-4-7-18/h10H,2-9H2,1H3. The summed E-state index contributed by atoms with van der Waals surface area (Å²) in [7, 11) is 1.74. The Morgan fingerprint density at radius 3 is 2.35 bits per heavy atom. The second-order valence-electron chi connectivity index (χ2n) is 5.34. The highest BCUT2D eigenvalue weighted by Crippen LogP contribution is 2.23. The lowest BCUT2D eigenvalue weighted by atomic mass is 10.1. The molecule has 1 atom stereocenters. The van der Waals surface area contributed by atoms with E-state index in [4.69, 9.17) is 16.3 Å². The lowest BCUT2D eigenvalue weighted by Gasteiger charge is -2.27. The van der Waals surface area contributed by atoms with E-state index in [0.717, 1.165) is 32.6 Å². The van der Waals surface area contributed by atoms with Gasteiger partial charge in [0.1, 0.15) is 0 Å². The van der Waals surface area contributed by atoms with E-state index in [0.29, 0.717) is 11.9 Å². The van der Waals surface area contributed by atoms with E-state index < -0.39 is 0 Å². The Labute approximate surface area is 124 Å². The van der Waals surface area contributed by atoms with E-state index in [9.17, 15) is 0 Å². The number of halogens is 1. The maximum absolute atomic E-state index is 6.07. The van der Waals surface area contributed by atoms with Crippen molar-refractivity contribution in [3.8, 4) is 0 Å². The van der Waals surface area contributed by atoms with E-state index in [1.807, 2.05) is 0 Å². The molecule has 0 aliphatic carbocycles. The molecule has 0 spiro atoms. The third-order valence-corrected chi connectivity index (χ3v) is 4.15. The number of piperidine rings is 1. The maximum atomic E-state index is 6.07. The number of aromatic nitrogens is 3. The van der Waals surface area contributed by atoms with Crippen molar-refractivity contribution in [2.24, 2.45) is 0 Å². The highest BCUT2D eigenvalue weighted by molar-refractivity contribution is 6.28. The molecule has 3 heterocycles. The van der Waals surface area contributed by atoms with Crippen LogP contribution < -0.4 is 9.80 Å². The van der Waals surface area contributed by atoms with Crippen molar-refractivity contribution in [3.63, 3.8) is 0 Å². The lowest BCUT2D eigenvalue weighted by Crippen LogP contribution is -2.32. The largest absolute Gasteiger partial charge is 0.380 e. The molecule has 1 aromatic rings. The second-order valence-corrected chi connectivity index (χ2v) is 5.68. The quantitative estimate of drug-likeness (QED) is 0.847. The van der Waals surface area contributed by atoms with Crippen LogP contribution in [0.1, 0.15) is 25.7 Å². The first-order valence-electron chi connectivity index (χ1n) is 7.20. The van der Waals surface area contributed by atoms with Crippen molar-refractivity contribution in [2.45, 2.75) is 31.8 Å². The van der Waals surface area contributed by atoms with Crippen LogP contribution >= 0.6 is 11.6 Å². The number of methoxy groups -OCH3 is 1. The molecule has 1 aromatic heterocycles. The topological polar surface area (TPSA) is 54.4 Å². The van der Waals surface area contributed by atoms with Gasteiger partial charge in [0.05, 0.1) is 6.10 Å². The Morgan fingerprint density at radius 1 is 1.00 bits per heavy atom. The van der Waals surface area contributed by atoms with Crippen molar-refractivity contribution in [1.29, 1.82) is 0 Å². The number of hydrogen-bond donors (Lipinski definition) is 0. The molecule has 110 valence electrons. The zero-order chi connectivity index (χ0) is 13.9. The van der Waals surface area contributed by atoms with Crippen LogP contribution in [0, 0.1) is 0 Å². The lowest BCUT2D eigenvalue weighted by molar-refractivity contribution is 0.121. The van der Waals surface area contributed by atoms with Crippen molar-refractivity contribution in [1.82, 2.24) is 15.0 Å². The molecule has 2 fully saturated rings. The van der Waals surface area contributed by atoms with Crippen LogP contribution in [-0.2, 0) is 4.74 Å². The Balaban J connectivity index is 1.79. The molecular formula is C13H20ClN5O. The van der Waals surface area contributed by atoms with Gasteiger partial charge in [0.2, 0.25) is 17.2 Å². The molecular weight excluding hydrogens is 278 g/mol. The molecule has 1 unspecified atom stereocenters. The van der Waals surface area contributed by atoms with Gasteiger partial charge in [-0.15, -0.1) is 0 Å². The average Bonchev–Trinajstić information content (AvgIpc) is 2.96. The fourth-order valence-corrected chi connectivity index (χ4v) is 2.96. The van der Waals surface area contributed by atoms with Crippen LogP contribution in [0.15, 0.2) is 0 Å². The van der Waals surface area contributed by atoms with Crippen molar-refractivity contribution < 1.29 is 4.74 Å². The minimum Gasteiger partial charge on any atom is -0.380 e. The third-order valence-electron chi connectivity index (χ3n) is 3.98. The minimum absolute atomic E-state index is 0.254. The third kappa shape index (κ3) is 2.96. The number of ether oxygens (including phenoxy) is 1. The first-order valence-corrected chi connectivity index (χ1v) is 7.58. The maximum Gasteiger partial charge on any atom is 0.231 e. The molecule has 2 aliphatic rings. The zero-order valence-electron chi connectivity index (χ0n) is 11.8. The molecule has 0 bridgehead atoms. The summed E-state index contributed by atoms with van der Waals surface area (Å²) in [6.45, 7) is 3.72. The van der Waals surface area contributed by atoms with E-state index in [1.165, 1.54) is 19.3 Å². The number of nitrogens with zero attached hydrogens (tertiary/aromatic N) is 5. The fraction of sp³-hybridized carbons (Fsp3) is 0.769. The van der Waals surface area contributed by atoms with Crippen molar-refractivity contribution in [2.75, 3.05) is 43.1 Å². The fourth-order valence-electron chi connectivity index (χ4n) is 2.81. The highest BCUT2D eigenvalue weighted by Gasteiger charge is 2.25. The minimum atomic E-state index is 0.254. The summed E-state index contributed by atoms with van der Waals surface area (Å²) in [6, 6.07) is 0. The number of rotatable bonds is 3. The molecule has 7 heteroatoms. The van der Waals surface area contributed by atoms with Crippen LogP contribution in [-0.4, -0.2) is 54.3 Å². The molecule has 0 N–H and O–H groups in total. The van der Waals surface area contributed by atoms with Crippen LogP contribution in [0.25, 0.3) is 0 Å². The van der Waals surface area contributed by atoms with E-state index >= 15 is 0 Å². The van der Waals surface area contributed by atoms with E-state index in [1.54, 1.807) is 7.11 Å². The van der Waals surface area contributed by atoms with Gasteiger partial charge in [-0.1, -0.05) is 0 Å². The second kappa shape index (κ2) is 6.10. The Kier molecular flexibility index (Phi) is 4.21. The summed E-state index contributed by atoms with van der Waals surface area (Å²) in [5, 5.41) is 0.274. The summed E-state index contributed by atoms with van der Waals surface area (Å²) in [6.07, 6.45) is 4.91. The first kappa shape index (κ1) is 13.8. The number of anilines is 2. The highest BCUT2D eigenvalue weighted by atomic mass is 35.5. The summed E-state index contributed by atoms with van der Waals surface area (Å²) in [5.74, 6) is 1.38. The molecule has 20 heavy (non-hydrogen) atoms. The van der Waals surface area contributed by atoms with E-state index in [-0.39, 0.29) is 11.4 Å². The van der Waals surface area contributed by atoms with Crippen molar-refractivity contribution in [3.05, 3.63) is 5.28 Å². The first-order chi connectivity index (χ1) is 9.76. The Hall–Kier alpha value is -1.14. The van der Waals surface area contributed by atoms with Crippen molar-refractivity contribution >= 4 is 23.5 Å². The van der Waals surface area contributed by atoms with E-state index in [2.05, 4.69) is 24.8 Å². The Bertz CT molecular complexity index is 466. The Morgan fingerprint density at radius 2 is 1.70 bits per heavy atom. The molecule has 0 aromatic carbocycles. The van der Waals surface area contributed by atoms with Crippen LogP contribution in [0.5, 0.6) is 0 Å². The molecule has 0 saturated carbocycles. The molecule has 0 radical (unpaired) electrons. The van der Waals surface area contributed by atoms with Gasteiger partial charge in [0.15, 0.2) is 0 Å². The monoisotopic (exact) mass is 297 g/mol. The molecule has 2 aliphatic heterocycles. The normalized spacial score (nSPS) is 23.4. The average molecular weight is 298 g/mol. The predicted molar refractivity (Wildman–Crippen MR) is 78.5 cm³/mol. The van der Waals surface area contributed by atoms with Crippen LogP contribution in [0.2, 0.25) is 5.28 Å². The van der Waals surface area contributed by atoms with Gasteiger partial charge < -0.3 is 14.5 Å². The van der Waals surface area contributed by atoms with Gasteiger partial charge in [-0.2, -0.15) is 15.0 Å². The molecule has 0 amide bonds. The van der Waals surface area contributed by atoms with Crippen LogP contribution in [0.3, 0.4) is 0 Å². The summed E-state index contributed by atoms with van der Waals surface area (Å²) in [5.41, 5.74) is 0. The van der Waals surface area contributed by atoms with Gasteiger partial charge in [-0.25, -0.2) is 0 Å². The van der Waals surface area contributed by atoms with Gasteiger partial charge in [-0.05, 0) is 37.3 Å². The summed E-state index contributed by atoms with van der Waals surface area (Å²) < 4.78 is 5.38. The van der Waals surface area contributed by atoms with Gasteiger partial charge in [0, 0.05) is 33.3 Å². The SMILES string of the molecule is COC1CCN(c2nc(Cl)nc(N3CCCCC3)n2)C1. The predicted octanol–water partition coefficient (Wildman–Crippen LogP) is 1.74. The van der Waals surface area contributed by atoms with Crippen LogP contribution in [0.4, 0.5) is 11.9 Å². The van der Waals surface area contributed by atoms with Gasteiger partial charge >= 0.3 is 0 Å². The number of hydrogen-bond acceptors (Lipinski definition) is 6. The van der Waals surface area contributed by atoms with Gasteiger partial charge in [0.25, 0.3) is 0 Å². The zero-order valence-corrected chi connectivity index (χ0v) is 12.5. The smallest absolute Gasteiger partial charge is 0.231 e. The molecule has 2 saturated heterocycles. The summed E-state index contributed by atoms with van der Waals surface area (Å²) >= 11 is 6.07.